The molecule has 11 rings (SSSR count). The van der Waals surface area contributed by atoms with Gasteiger partial charge in [0.25, 0.3) is 0 Å². The minimum absolute atomic E-state index is 0. The van der Waals surface area contributed by atoms with Crippen molar-refractivity contribution in [1.29, 1.82) is 0 Å². The van der Waals surface area contributed by atoms with Gasteiger partial charge in [-0.05, 0) is 131 Å². The van der Waals surface area contributed by atoms with E-state index in [0.29, 0.717) is 33.4 Å². The minimum atomic E-state index is -2.82. The van der Waals surface area contributed by atoms with Gasteiger partial charge < -0.3 is 19.1 Å². The topological polar surface area (TPSA) is 48.2 Å². The normalized spacial score (nSPS) is 17.3. The van der Waals surface area contributed by atoms with Gasteiger partial charge in [-0.25, -0.2) is 0 Å². The van der Waals surface area contributed by atoms with Gasteiger partial charge in [0, 0.05) is 48.4 Å². The van der Waals surface area contributed by atoms with E-state index in [1.54, 1.807) is 36.4 Å². The van der Waals surface area contributed by atoms with Gasteiger partial charge in [0.2, 0.25) is 0 Å². The first kappa shape index (κ1) is 33.2. The first-order valence-electron chi connectivity index (χ1n) is 27.1. The van der Waals surface area contributed by atoms with Crippen LogP contribution in [0, 0.1) is 52.0 Å². The zero-order valence-electron chi connectivity index (χ0n) is 47.1. The summed E-state index contributed by atoms with van der Waals surface area (Å²) in [6.45, 7) is 0.292. The molecule has 0 spiro atoms. The average molecular weight is 1050 g/mol. The quantitative estimate of drug-likeness (QED) is 0.118. The molecule has 66 heavy (non-hydrogen) atoms. The van der Waals surface area contributed by atoms with Gasteiger partial charge in [-0.1, -0.05) is 176 Å². The molecule has 10 aromatic rings. The second-order valence-electron chi connectivity index (χ2n) is 18.2. The molecule has 0 unspecified atom stereocenters. The van der Waals surface area contributed by atoms with Gasteiger partial charge >= 0.3 is 21.1 Å². The van der Waals surface area contributed by atoms with Crippen LogP contribution >= 0.6 is 0 Å². The number of furan rings is 1. The maximum absolute atomic E-state index is 9.52. The zero-order chi connectivity index (χ0) is 53.0. The number of hydrogen-bond donors (Lipinski definition) is 0. The predicted octanol–water partition coefficient (Wildman–Crippen LogP) is 17.0. The zero-order valence-corrected chi connectivity index (χ0v) is 39.3. The molecule has 0 aliphatic heterocycles. The van der Waals surface area contributed by atoms with Gasteiger partial charge in [-0.2, -0.15) is 0 Å². The van der Waals surface area contributed by atoms with Crippen LogP contribution < -0.4 is 4.74 Å². The third-order valence-corrected chi connectivity index (χ3v) is 13.4. The summed E-state index contributed by atoms with van der Waals surface area (Å²) >= 11 is 0. The van der Waals surface area contributed by atoms with E-state index in [4.69, 9.17) is 26.5 Å². The van der Waals surface area contributed by atoms with Crippen molar-refractivity contribution in [2.45, 2.75) is 79.8 Å². The van der Waals surface area contributed by atoms with Crippen molar-refractivity contribution < 1.29 is 43.9 Å². The fraction of sp³-hybridized carbons (Fsp3) is 0.213. The van der Waals surface area contributed by atoms with Crippen molar-refractivity contribution in [3.05, 3.63) is 179 Å². The van der Waals surface area contributed by atoms with E-state index in [9.17, 15) is 1.37 Å². The molecule has 7 aromatic carbocycles. The van der Waals surface area contributed by atoms with E-state index in [-0.39, 0.29) is 60.4 Å². The van der Waals surface area contributed by atoms with Crippen molar-refractivity contribution >= 4 is 43.5 Å². The molecule has 0 N–H and O–H groups in total. The van der Waals surface area contributed by atoms with Crippen molar-refractivity contribution in [2.75, 3.05) is 0 Å². The second kappa shape index (κ2) is 17.1. The number of fused-ring (bicyclic) bond motifs is 7. The molecular formula is C61H52N2O2Pt. The molecule has 1 saturated carbocycles. The molecular weight excluding hydrogens is 988 g/mol. The van der Waals surface area contributed by atoms with Gasteiger partial charge in [0.05, 0.1) is 5.58 Å². The van der Waals surface area contributed by atoms with Gasteiger partial charge in [-0.15, -0.1) is 11.6 Å². The van der Waals surface area contributed by atoms with Crippen LogP contribution in [0.3, 0.4) is 0 Å². The Balaban J connectivity index is 0.00000657. The maximum Gasteiger partial charge on any atom is 2.00 e. The predicted molar refractivity (Wildman–Crippen MR) is 269 cm³/mol. The Labute approximate surface area is 416 Å². The van der Waals surface area contributed by atoms with Crippen LogP contribution in [0.1, 0.15) is 92.5 Å². The smallest absolute Gasteiger partial charge is 0.500 e. The van der Waals surface area contributed by atoms with E-state index >= 15 is 0 Å². The second-order valence-corrected chi connectivity index (χ2v) is 18.2. The van der Waals surface area contributed by atoms with Crippen molar-refractivity contribution in [3.8, 4) is 56.3 Å². The summed E-state index contributed by atoms with van der Waals surface area (Å²) < 4.78 is 99.5. The summed E-state index contributed by atoms with van der Waals surface area (Å²) in [5.41, 5.74) is 7.23. The van der Waals surface area contributed by atoms with Gasteiger partial charge in [0.1, 0.15) is 5.58 Å². The molecule has 0 radical (unpaired) electrons. The Morgan fingerprint density at radius 1 is 0.652 bits per heavy atom. The Kier molecular flexibility index (Phi) is 8.61. The van der Waals surface area contributed by atoms with Crippen LogP contribution in [0.2, 0.25) is 0 Å². The number of aryl methyl sites for hydroxylation is 4. The van der Waals surface area contributed by atoms with Crippen LogP contribution in [0.25, 0.3) is 88.3 Å². The van der Waals surface area contributed by atoms with E-state index in [1.165, 1.54) is 6.07 Å². The van der Waals surface area contributed by atoms with E-state index < -0.39 is 37.6 Å². The van der Waals surface area contributed by atoms with E-state index in [1.807, 2.05) is 49.5 Å². The molecule has 4 nitrogen and oxygen atoms in total. The van der Waals surface area contributed by atoms with Crippen LogP contribution in [0.5, 0.6) is 11.5 Å². The Morgan fingerprint density at radius 3 is 2.21 bits per heavy atom. The summed E-state index contributed by atoms with van der Waals surface area (Å²) in [5, 5.41) is 5.38. The standard InChI is InChI=1S/C61H52N2O2.Pt/c1-36-28-55(62-34-38(36)3)46-29-52(42-13-9-8-10-14-42)40(5)57(30-46)64-47-31-53-50-22-19-44-18-17-43-15-11-12-16-49(43)58(44)60(50)65-59(53)54(32-47)56-33-51(39(4)35-63-56)48-21-20-45(27-37(48)2)41-23-25-61(6,7)26-24-41;/h8-22,27-29,31,33-35,41H,23-26H2,1-7H3;/q-2;+2/i1D3,3D3,5D3,41D;. The molecule has 3 heterocycles. The van der Waals surface area contributed by atoms with Gasteiger partial charge in [-0.3, -0.25) is 0 Å². The molecule has 0 atom stereocenters. The first-order valence-corrected chi connectivity index (χ1v) is 22.1. The van der Waals surface area contributed by atoms with E-state index in [0.717, 1.165) is 86.6 Å². The number of benzene rings is 7. The molecule has 1 aliphatic rings. The fourth-order valence-corrected chi connectivity index (χ4v) is 9.56. The largest absolute Gasteiger partial charge is 2.00 e. The monoisotopic (exact) mass is 1050 g/mol. The van der Waals surface area contributed by atoms with Crippen molar-refractivity contribution in [3.63, 3.8) is 0 Å². The summed E-state index contributed by atoms with van der Waals surface area (Å²) in [6.07, 6.45) is 6.44. The molecule has 5 heteroatoms. The SMILES string of the molecule is [2H]C([2H])([2H])c1cnc(-c2[c-]c(Oc3[c-]c(-c4cc(-c5ccc(C6([2H])CCC(C)(C)CC6)cc5C)c(C)cn4)c4oc5c(ccc6ccc7ccccc7c65)c4c3)c(C([2H])([2H])[2H])c(-c3ccccc3)c2)cc1C([2H])([2H])[2H].[Pt+2]. The molecule has 328 valence electrons. The summed E-state index contributed by atoms with van der Waals surface area (Å²) in [4.78, 5) is 9.45. The molecule has 0 saturated heterocycles. The Hall–Kier alpha value is -6.35. The number of hydrogen-bond acceptors (Lipinski definition) is 4. The Bertz CT molecular complexity index is 3910. The summed E-state index contributed by atoms with van der Waals surface area (Å²) in [7, 11) is 0. The third-order valence-electron chi connectivity index (χ3n) is 13.4. The number of ether oxygens (including phenoxy) is 1. The summed E-state index contributed by atoms with van der Waals surface area (Å²) in [5.74, 6) is -0.739. The van der Waals surface area contributed by atoms with Crippen LogP contribution in [-0.2, 0) is 21.1 Å². The molecule has 0 bridgehead atoms. The van der Waals surface area contributed by atoms with Crippen LogP contribution in [0.4, 0.5) is 0 Å². The molecule has 1 fully saturated rings. The Morgan fingerprint density at radius 2 is 1.41 bits per heavy atom. The minimum Gasteiger partial charge on any atom is -0.500 e. The first-order chi connectivity index (χ1) is 35.5. The number of nitrogens with zero attached hydrogens (tertiary/aromatic N) is 2. The fourth-order valence-electron chi connectivity index (χ4n) is 9.56. The summed E-state index contributed by atoms with van der Waals surface area (Å²) in [6, 6.07) is 44.7. The molecule has 0 amide bonds. The van der Waals surface area contributed by atoms with Crippen LogP contribution in [0.15, 0.2) is 138 Å². The van der Waals surface area contributed by atoms with Crippen molar-refractivity contribution in [1.82, 2.24) is 9.97 Å². The maximum atomic E-state index is 9.52. The molecule has 1 aliphatic carbocycles. The number of aromatic nitrogens is 2. The third kappa shape index (κ3) is 7.84. The van der Waals surface area contributed by atoms with Crippen molar-refractivity contribution in [2.24, 2.45) is 5.41 Å². The number of pyridine rings is 2. The van der Waals surface area contributed by atoms with Gasteiger partial charge in [0.15, 0.2) is 0 Å². The number of rotatable bonds is 7. The molecule has 3 aromatic heterocycles. The van der Waals surface area contributed by atoms with E-state index in [2.05, 4.69) is 80.4 Å². The van der Waals surface area contributed by atoms with Crippen LogP contribution in [-0.4, -0.2) is 9.97 Å². The average Bonchev–Trinajstić information content (AvgIpc) is 3.93.